The van der Waals surface area contributed by atoms with Crippen LogP contribution in [0.3, 0.4) is 0 Å². The van der Waals surface area contributed by atoms with Crippen molar-refractivity contribution in [2.75, 3.05) is 12.4 Å². The summed E-state index contributed by atoms with van der Waals surface area (Å²) in [5.74, 6) is 3.65. The molecule has 0 spiro atoms. The first kappa shape index (κ1) is 24.3. The van der Waals surface area contributed by atoms with E-state index in [2.05, 4.69) is 26.8 Å². The average molecular weight is 475 g/mol. The number of aromatic nitrogens is 2. The number of ether oxygens (including phenoxy) is 1. The topological polar surface area (TPSA) is 108 Å². The lowest BCUT2D eigenvalue weighted by Gasteiger charge is -2.38. The van der Waals surface area contributed by atoms with Crippen molar-refractivity contribution in [3.05, 3.63) is 53.2 Å². The first-order valence-electron chi connectivity index (χ1n) is 10.00. The highest BCUT2D eigenvalue weighted by molar-refractivity contribution is 7.93. The van der Waals surface area contributed by atoms with Gasteiger partial charge in [0.05, 0.1) is 18.1 Å². The van der Waals surface area contributed by atoms with Gasteiger partial charge in [-0.2, -0.15) is 0 Å². The van der Waals surface area contributed by atoms with Crippen molar-refractivity contribution in [2.24, 2.45) is 10.7 Å². The molecule has 10 heteroatoms. The summed E-state index contributed by atoms with van der Waals surface area (Å²) in [7, 11) is -3.72. The van der Waals surface area contributed by atoms with Crippen molar-refractivity contribution in [2.45, 2.75) is 38.0 Å². The lowest BCUT2D eigenvalue weighted by molar-refractivity contribution is 0.353. The zero-order valence-corrected chi connectivity index (χ0v) is 19.5. The van der Waals surface area contributed by atoms with E-state index < -0.39 is 37.5 Å². The van der Waals surface area contributed by atoms with E-state index in [1.807, 2.05) is 0 Å². The van der Waals surface area contributed by atoms with Gasteiger partial charge in [0.2, 0.25) is 5.88 Å². The fourth-order valence-corrected chi connectivity index (χ4v) is 4.93. The molecule has 1 atom stereocenters. The normalized spacial score (nSPS) is 21.5. The van der Waals surface area contributed by atoms with Crippen LogP contribution in [0.2, 0.25) is 0 Å². The van der Waals surface area contributed by atoms with Crippen LogP contribution in [0, 0.1) is 17.7 Å². The third kappa shape index (κ3) is 4.88. The predicted molar refractivity (Wildman–Crippen MR) is 123 cm³/mol. The highest BCUT2D eigenvalue weighted by Gasteiger charge is 2.49. The first-order chi connectivity index (χ1) is 15.4. The number of amidine groups is 1. The Morgan fingerprint density at radius 2 is 2.00 bits per heavy atom. The molecule has 0 amide bonds. The third-order valence-corrected chi connectivity index (χ3v) is 8.14. The molecule has 2 heterocycles. The zero-order valence-electron chi connectivity index (χ0n) is 18.7. The van der Waals surface area contributed by atoms with Crippen LogP contribution < -0.4 is 10.5 Å². The summed E-state index contributed by atoms with van der Waals surface area (Å²) in [6.45, 7) is 6.22. The van der Waals surface area contributed by atoms with E-state index >= 15 is 0 Å². The summed E-state index contributed by atoms with van der Waals surface area (Å²) >= 11 is 0. The lowest BCUT2D eigenvalue weighted by Crippen LogP contribution is -2.55. The van der Waals surface area contributed by atoms with Crippen LogP contribution in [0.5, 0.6) is 5.88 Å². The van der Waals surface area contributed by atoms with E-state index in [4.69, 9.17) is 10.5 Å². The molecule has 2 N–H and O–H groups in total. The summed E-state index contributed by atoms with van der Waals surface area (Å²) < 4.78 is 59.0. The SMILES string of the molecule is CC#CCOc1cnc(C(F)=Cc2ccc(F)c(C3(C)CS(=O)(=O)C(C)(C)C(N)=N3)c2)cn1. The van der Waals surface area contributed by atoms with Crippen LogP contribution >= 0.6 is 0 Å². The molecule has 3 rings (SSSR count). The average Bonchev–Trinajstić information content (AvgIpc) is 2.74. The molecule has 0 aliphatic carbocycles. The maximum atomic E-state index is 14.8. The van der Waals surface area contributed by atoms with Gasteiger partial charge in [-0.05, 0) is 51.5 Å². The van der Waals surface area contributed by atoms with E-state index in [0.717, 1.165) is 12.1 Å². The maximum Gasteiger partial charge on any atom is 0.233 e. The van der Waals surface area contributed by atoms with Crippen LogP contribution in [-0.2, 0) is 15.4 Å². The van der Waals surface area contributed by atoms with Crippen molar-refractivity contribution >= 4 is 27.6 Å². The second-order valence-corrected chi connectivity index (χ2v) is 10.8. The molecular weight excluding hydrogens is 450 g/mol. The summed E-state index contributed by atoms with van der Waals surface area (Å²) in [6.07, 6.45) is 3.62. The molecule has 0 fully saturated rings. The fraction of sp³-hybridized carbons (Fsp3) is 0.348. The van der Waals surface area contributed by atoms with Crippen LogP contribution in [0.1, 0.15) is 44.5 Å². The number of hydrogen-bond donors (Lipinski definition) is 1. The monoisotopic (exact) mass is 474 g/mol. The molecule has 0 saturated heterocycles. The Morgan fingerprint density at radius 1 is 1.27 bits per heavy atom. The van der Waals surface area contributed by atoms with Crippen molar-refractivity contribution < 1.29 is 21.9 Å². The molecule has 1 aromatic carbocycles. The first-order valence-corrected chi connectivity index (χ1v) is 11.6. The number of sulfone groups is 1. The molecule has 0 bridgehead atoms. The van der Waals surface area contributed by atoms with Crippen LogP contribution in [-0.4, -0.2) is 41.3 Å². The molecule has 2 aromatic rings. The van der Waals surface area contributed by atoms with Gasteiger partial charge in [0.15, 0.2) is 22.3 Å². The largest absolute Gasteiger partial charge is 0.463 e. The Labute approximate surface area is 191 Å². The van der Waals surface area contributed by atoms with Gasteiger partial charge < -0.3 is 10.5 Å². The van der Waals surface area contributed by atoms with E-state index in [0.29, 0.717) is 5.56 Å². The Bertz CT molecular complexity index is 1290. The summed E-state index contributed by atoms with van der Waals surface area (Å²) in [6, 6.07) is 3.85. The van der Waals surface area contributed by atoms with Gasteiger partial charge in [0.1, 0.15) is 27.6 Å². The summed E-state index contributed by atoms with van der Waals surface area (Å²) in [5, 5.41) is 0. The maximum absolute atomic E-state index is 14.8. The number of rotatable bonds is 5. The molecule has 0 saturated carbocycles. The Morgan fingerprint density at radius 3 is 2.61 bits per heavy atom. The van der Waals surface area contributed by atoms with E-state index in [-0.39, 0.29) is 29.6 Å². The third-order valence-electron chi connectivity index (χ3n) is 5.44. The van der Waals surface area contributed by atoms with Gasteiger partial charge >= 0.3 is 0 Å². The minimum atomic E-state index is -3.72. The molecule has 33 heavy (non-hydrogen) atoms. The predicted octanol–water partition coefficient (Wildman–Crippen LogP) is 3.26. The van der Waals surface area contributed by atoms with Crippen molar-refractivity contribution in [3.8, 4) is 17.7 Å². The lowest BCUT2D eigenvalue weighted by atomic mass is 9.91. The fourth-order valence-electron chi connectivity index (χ4n) is 3.24. The van der Waals surface area contributed by atoms with E-state index in [1.165, 1.54) is 45.3 Å². The van der Waals surface area contributed by atoms with Crippen LogP contribution in [0.15, 0.2) is 35.6 Å². The van der Waals surface area contributed by atoms with E-state index in [1.54, 1.807) is 6.92 Å². The zero-order chi connectivity index (χ0) is 24.4. The smallest absolute Gasteiger partial charge is 0.233 e. The van der Waals surface area contributed by atoms with Gasteiger partial charge in [-0.3, -0.25) is 4.99 Å². The molecule has 7 nitrogen and oxygen atoms in total. The van der Waals surface area contributed by atoms with Gasteiger partial charge in [0.25, 0.3) is 0 Å². The van der Waals surface area contributed by atoms with Crippen LogP contribution in [0.25, 0.3) is 11.9 Å². The van der Waals surface area contributed by atoms with Crippen LogP contribution in [0.4, 0.5) is 8.78 Å². The summed E-state index contributed by atoms with van der Waals surface area (Å²) in [4.78, 5) is 12.3. The minimum absolute atomic E-state index is 0.00191. The van der Waals surface area contributed by atoms with E-state index in [9.17, 15) is 17.2 Å². The number of halogens is 2. The van der Waals surface area contributed by atoms with Crippen molar-refractivity contribution in [3.63, 3.8) is 0 Å². The Hall–Kier alpha value is -3.32. The number of nitrogens with zero attached hydrogens (tertiary/aromatic N) is 3. The highest BCUT2D eigenvalue weighted by atomic mass is 32.2. The molecule has 1 unspecified atom stereocenters. The molecule has 0 radical (unpaired) electrons. The Balaban J connectivity index is 1.94. The molecule has 1 aromatic heterocycles. The van der Waals surface area contributed by atoms with Gasteiger partial charge in [-0.1, -0.05) is 12.0 Å². The van der Waals surface area contributed by atoms with Gasteiger partial charge in [-0.25, -0.2) is 27.2 Å². The van der Waals surface area contributed by atoms with Crippen molar-refractivity contribution in [1.82, 2.24) is 9.97 Å². The summed E-state index contributed by atoms with van der Waals surface area (Å²) in [5.41, 5.74) is 4.73. The number of benzene rings is 1. The second-order valence-electron chi connectivity index (χ2n) is 8.23. The number of hydrogen-bond acceptors (Lipinski definition) is 7. The molecule has 174 valence electrons. The number of aliphatic imine (C=N–C) groups is 1. The standard InChI is InChI=1S/C23H24F2N4O3S/c1-5-6-9-32-20-13-27-19(12-28-20)18(25)11-15-7-8-17(24)16(10-15)23(4)14-33(30,31)22(2,3)21(26)29-23/h7-8,10-13H,9,14H2,1-4H3,(H2,26,29). The van der Waals surface area contributed by atoms with Gasteiger partial charge in [0, 0.05) is 5.56 Å². The minimum Gasteiger partial charge on any atom is -0.463 e. The molecular formula is C23H24F2N4O3S. The second kappa shape index (κ2) is 8.90. The molecule has 1 aliphatic heterocycles. The molecule has 1 aliphatic rings. The highest BCUT2D eigenvalue weighted by Crippen LogP contribution is 2.38. The van der Waals surface area contributed by atoms with Gasteiger partial charge in [-0.15, -0.1) is 5.92 Å². The van der Waals surface area contributed by atoms with Crippen molar-refractivity contribution in [1.29, 1.82) is 0 Å². The number of nitrogens with two attached hydrogens (primary N) is 1. The quantitative estimate of drug-likeness (QED) is 0.667. The Kier molecular flexibility index (Phi) is 6.56.